The van der Waals surface area contributed by atoms with Gasteiger partial charge in [0, 0.05) is 12.5 Å². The van der Waals surface area contributed by atoms with Crippen LogP contribution in [0.1, 0.15) is 39.5 Å². The van der Waals surface area contributed by atoms with Gasteiger partial charge in [-0.2, -0.15) is 0 Å². The largest absolute Gasteiger partial charge is 0.354 e. The second-order valence-corrected chi connectivity index (χ2v) is 3.15. The zero-order chi connectivity index (χ0) is 11.4. The number of amides is 1. The van der Waals surface area contributed by atoms with Gasteiger partial charge >= 0.3 is 0 Å². The molecule has 0 saturated heterocycles. The molecule has 0 spiro atoms. The van der Waals surface area contributed by atoms with Crippen LogP contribution in [-0.2, 0) is 9.59 Å². The Balaban J connectivity index is 0. The van der Waals surface area contributed by atoms with Crippen molar-refractivity contribution in [2.24, 2.45) is 5.73 Å². The van der Waals surface area contributed by atoms with Crippen LogP contribution in [0.3, 0.4) is 0 Å². The number of nitrogens with two attached hydrogens (primary N) is 1. The third kappa shape index (κ3) is 11.1. The minimum atomic E-state index is 0.155. The molecule has 4 heteroatoms. The summed E-state index contributed by atoms with van der Waals surface area (Å²) in [5, 5.41) is 2.92. The maximum atomic E-state index is 11.1. The Hall–Kier alpha value is -0.900. The zero-order valence-corrected chi connectivity index (χ0v) is 9.21. The molecule has 0 fully saturated rings. The lowest BCUT2D eigenvalue weighted by Gasteiger charge is -2.12. The van der Waals surface area contributed by atoms with Crippen molar-refractivity contribution in [1.82, 2.24) is 5.32 Å². The van der Waals surface area contributed by atoms with Crippen LogP contribution in [0.2, 0.25) is 0 Å². The van der Waals surface area contributed by atoms with E-state index in [2.05, 4.69) is 5.32 Å². The average Bonchev–Trinajstić information content (AvgIpc) is 2.18. The quantitative estimate of drug-likeness (QED) is 0.670. The number of carbonyl (C=O) groups excluding carboxylic acids is 2. The van der Waals surface area contributed by atoms with E-state index in [9.17, 15) is 4.79 Å². The first-order chi connectivity index (χ1) is 6.70. The van der Waals surface area contributed by atoms with Crippen LogP contribution in [0.25, 0.3) is 0 Å². The summed E-state index contributed by atoms with van der Waals surface area (Å²) >= 11 is 0. The predicted octanol–water partition coefficient (Wildman–Crippen LogP) is 0.845. The topological polar surface area (TPSA) is 72.2 Å². The zero-order valence-electron chi connectivity index (χ0n) is 9.21. The fraction of sp³-hybridized carbons (Fsp3) is 0.800. The Kier molecular flexibility index (Phi) is 13.5. The van der Waals surface area contributed by atoms with E-state index in [0.717, 1.165) is 19.3 Å². The van der Waals surface area contributed by atoms with Gasteiger partial charge in [-0.15, -0.1) is 0 Å². The molecule has 0 aliphatic rings. The van der Waals surface area contributed by atoms with Crippen molar-refractivity contribution in [3.8, 4) is 0 Å². The summed E-state index contributed by atoms with van der Waals surface area (Å²) < 4.78 is 0. The molecule has 0 rings (SSSR count). The fourth-order valence-corrected chi connectivity index (χ4v) is 1.07. The second-order valence-electron chi connectivity index (χ2n) is 3.15. The molecular formula is C10H22N2O2. The number of nitrogens with one attached hydrogen (secondary N) is 1. The lowest BCUT2D eigenvalue weighted by molar-refractivity contribution is -0.121. The number of rotatable bonds is 6. The first-order valence-electron chi connectivity index (χ1n) is 4.99. The van der Waals surface area contributed by atoms with Crippen LogP contribution in [0, 0.1) is 0 Å². The van der Waals surface area contributed by atoms with Gasteiger partial charge in [0.2, 0.25) is 5.91 Å². The predicted molar refractivity (Wildman–Crippen MR) is 57.9 cm³/mol. The fourth-order valence-electron chi connectivity index (χ4n) is 1.07. The number of hydrogen-bond donors (Lipinski definition) is 2. The van der Waals surface area contributed by atoms with Gasteiger partial charge in [-0.05, 0) is 32.7 Å². The van der Waals surface area contributed by atoms with Crippen molar-refractivity contribution < 1.29 is 9.59 Å². The van der Waals surface area contributed by atoms with Crippen molar-refractivity contribution in [1.29, 1.82) is 0 Å². The monoisotopic (exact) mass is 202 g/mol. The van der Waals surface area contributed by atoms with Crippen LogP contribution in [0.4, 0.5) is 0 Å². The molecule has 1 atom stereocenters. The normalized spacial score (nSPS) is 11.1. The van der Waals surface area contributed by atoms with Crippen LogP contribution >= 0.6 is 0 Å². The van der Waals surface area contributed by atoms with Gasteiger partial charge in [0.1, 0.15) is 6.79 Å². The summed E-state index contributed by atoms with van der Waals surface area (Å²) in [4.78, 5) is 19.1. The minimum Gasteiger partial charge on any atom is -0.354 e. The van der Waals surface area contributed by atoms with Gasteiger partial charge in [-0.1, -0.05) is 6.92 Å². The van der Waals surface area contributed by atoms with Gasteiger partial charge in [0.25, 0.3) is 0 Å². The summed E-state index contributed by atoms with van der Waals surface area (Å²) in [6.07, 6.45) is 3.50. The first kappa shape index (κ1) is 15.6. The van der Waals surface area contributed by atoms with E-state index < -0.39 is 0 Å². The van der Waals surface area contributed by atoms with Gasteiger partial charge in [-0.25, -0.2) is 0 Å². The van der Waals surface area contributed by atoms with Gasteiger partial charge < -0.3 is 15.8 Å². The van der Waals surface area contributed by atoms with Gasteiger partial charge in [-0.3, -0.25) is 4.79 Å². The minimum absolute atomic E-state index is 0.155. The molecule has 14 heavy (non-hydrogen) atoms. The van der Waals surface area contributed by atoms with Crippen LogP contribution < -0.4 is 11.1 Å². The highest BCUT2D eigenvalue weighted by molar-refractivity contribution is 5.76. The molecule has 0 saturated carbocycles. The maximum Gasteiger partial charge on any atom is 0.220 e. The standard InChI is InChI=1S/C9H20N2O.CH2O/c1-3-5-9(12)11-8(2)6-4-7-10;1-2/h8H,3-7,10H2,1-2H3,(H,11,12);1H2/t8-;/m0./s1. The molecule has 84 valence electrons. The van der Waals surface area contributed by atoms with Crippen LogP contribution in [-0.4, -0.2) is 25.3 Å². The second kappa shape index (κ2) is 12.1. The Morgan fingerprint density at radius 3 is 2.50 bits per heavy atom. The first-order valence-corrected chi connectivity index (χ1v) is 4.99. The Bertz CT molecular complexity index is 140. The van der Waals surface area contributed by atoms with E-state index in [0.29, 0.717) is 13.0 Å². The molecule has 0 aromatic carbocycles. The Labute approximate surface area is 86.2 Å². The van der Waals surface area contributed by atoms with E-state index in [4.69, 9.17) is 10.5 Å². The number of hydrogen-bond acceptors (Lipinski definition) is 3. The molecule has 0 heterocycles. The number of carbonyl (C=O) groups is 2. The van der Waals surface area contributed by atoms with E-state index in [-0.39, 0.29) is 11.9 Å². The molecule has 0 unspecified atom stereocenters. The third-order valence-corrected chi connectivity index (χ3v) is 1.73. The molecule has 0 bridgehead atoms. The van der Waals surface area contributed by atoms with E-state index in [1.54, 1.807) is 0 Å². The lowest BCUT2D eigenvalue weighted by atomic mass is 10.2. The highest BCUT2D eigenvalue weighted by atomic mass is 16.1. The summed E-state index contributed by atoms with van der Waals surface area (Å²) in [5.74, 6) is 0.155. The molecule has 3 N–H and O–H groups in total. The third-order valence-electron chi connectivity index (χ3n) is 1.73. The summed E-state index contributed by atoms with van der Waals surface area (Å²) in [6.45, 7) is 6.72. The van der Waals surface area contributed by atoms with Gasteiger partial charge in [0.15, 0.2) is 0 Å². The van der Waals surface area contributed by atoms with E-state index in [1.165, 1.54) is 0 Å². The molecular weight excluding hydrogens is 180 g/mol. The maximum absolute atomic E-state index is 11.1. The smallest absolute Gasteiger partial charge is 0.220 e. The van der Waals surface area contributed by atoms with E-state index >= 15 is 0 Å². The summed E-state index contributed by atoms with van der Waals surface area (Å²) in [6, 6.07) is 0.271. The molecule has 0 aliphatic carbocycles. The van der Waals surface area contributed by atoms with Crippen LogP contribution in [0.15, 0.2) is 0 Å². The molecule has 4 nitrogen and oxygen atoms in total. The highest BCUT2D eigenvalue weighted by Crippen LogP contribution is 1.96. The lowest BCUT2D eigenvalue weighted by Crippen LogP contribution is -2.32. The van der Waals surface area contributed by atoms with Crippen molar-refractivity contribution in [2.45, 2.75) is 45.6 Å². The van der Waals surface area contributed by atoms with Crippen molar-refractivity contribution in [3.05, 3.63) is 0 Å². The average molecular weight is 202 g/mol. The highest BCUT2D eigenvalue weighted by Gasteiger charge is 2.04. The van der Waals surface area contributed by atoms with Gasteiger partial charge in [0.05, 0.1) is 0 Å². The van der Waals surface area contributed by atoms with Crippen molar-refractivity contribution in [3.63, 3.8) is 0 Å². The van der Waals surface area contributed by atoms with Crippen molar-refractivity contribution in [2.75, 3.05) is 6.54 Å². The van der Waals surface area contributed by atoms with E-state index in [1.807, 2.05) is 20.6 Å². The molecule has 0 aromatic heterocycles. The van der Waals surface area contributed by atoms with Crippen molar-refractivity contribution >= 4 is 12.7 Å². The van der Waals surface area contributed by atoms with Crippen LogP contribution in [0.5, 0.6) is 0 Å². The Morgan fingerprint density at radius 2 is 2.07 bits per heavy atom. The molecule has 0 aliphatic heterocycles. The summed E-state index contributed by atoms with van der Waals surface area (Å²) in [7, 11) is 0. The SMILES string of the molecule is C=O.CCCC(=O)N[C@@H](C)CCCN. The molecule has 0 aromatic rings. The Morgan fingerprint density at radius 1 is 1.50 bits per heavy atom. The summed E-state index contributed by atoms with van der Waals surface area (Å²) in [5.41, 5.74) is 5.35. The molecule has 0 radical (unpaired) electrons. The molecule has 1 amide bonds.